The average Bonchev–Trinajstić information content (AvgIpc) is 2.20. The van der Waals surface area contributed by atoms with Crippen molar-refractivity contribution in [1.29, 1.82) is 0 Å². The van der Waals surface area contributed by atoms with Gasteiger partial charge in [0.15, 0.2) is 0 Å². The normalized spacial score (nSPS) is 11.8. The highest BCUT2D eigenvalue weighted by molar-refractivity contribution is 7.99. The zero-order valence-electron chi connectivity index (χ0n) is 9.06. The van der Waals surface area contributed by atoms with Crippen LogP contribution >= 0.6 is 11.8 Å². The zero-order valence-corrected chi connectivity index (χ0v) is 9.88. The first kappa shape index (κ1) is 14.8. The lowest BCUT2D eigenvalue weighted by atomic mass is 10.2. The lowest BCUT2D eigenvalue weighted by Crippen LogP contribution is -2.40. The van der Waals surface area contributed by atoms with Gasteiger partial charge in [-0.2, -0.15) is 11.8 Å². The highest BCUT2D eigenvalue weighted by Crippen LogP contribution is 2.01. The largest absolute Gasteiger partial charge is 0.480 e. The van der Waals surface area contributed by atoms with Crippen molar-refractivity contribution >= 4 is 29.5 Å². The number of nitrogens with two attached hydrogens (primary N) is 1. The number of nitrogens with one attached hydrogen (secondary N) is 1. The molecule has 0 aliphatic carbocycles. The summed E-state index contributed by atoms with van der Waals surface area (Å²) in [7, 11) is 0. The van der Waals surface area contributed by atoms with Gasteiger partial charge in [0.25, 0.3) is 0 Å². The molecule has 0 fully saturated rings. The number of hydrogen-bond acceptors (Lipinski definition) is 4. The van der Waals surface area contributed by atoms with E-state index < -0.39 is 17.9 Å². The standard InChI is InChI=1S/C9H16N2O4S/c1-2-6(9(14)15)11-8(13)3-4-16-5-7(10)12/h6H,2-5H2,1H3,(H2,10,12)(H,11,13)(H,14,15)/t6-/m1/s1. The van der Waals surface area contributed by atoms with Crippen molar-refractivity contribution in [3.8, 4) is 0 Å². The van der Waals surface area contributed by atoms with Gasteiger partial charge >= 0.3 is 5.97 Å². The summed E-state index contributed by atoms with van der Waals surface area (Å²) in [6.45, 7) is 1.68. The number of primary amides is 1. The highest BCUT2D eigenvalue weighted by atomic mass is 32.2. The molecule has 0 spiro atoms. The Bertz CT molecular complexity index is 270. The molecular formula is C9H16N2O4S. The Morgan fingerprint density at radius 3 is 2.50 bits per heavy atom. The predicted octanol–water partition coefficient (Wildman–Crippen LogP) is -0.426. The van der Waals surface area contributed by atoms with Gasteiger partial charge in [-0.1, -0.05) is 6.92 Å². The van der Waals surface area contributed by atoms with E-state index in [0.717, 1.165) is 0 Å². The molecule has 2 amide bonds. The van der Waals surface area contributed by atoms with Gasteiger partial charge in [-0.3, -0.25) is 9.59 Å². The molecule has 0 aliphatic heterocycles. The third-order valence-electron chi connectivity index (χ3n) is 1.76. The molecule has 0 aromatic carbocycles. The van der Waals surface area contributed by atoms with Crippen molar-refractivity contribution in [2.75, 3.05) is 11.5 Å². The number of carboxylic acids is 1. The van der Waals surface area contributed by atoms with Crippen LogP contribution in [0.25, 0.3) is 0 Å². The molecule has 0 aromatic rings. The fraction of sp³-hybridized carbons (Fsp3) is 0.667. The van der Waals surface area contributed by atoms with E-state index >= 15 is 0 Å². The maximum atomic E-state index is 11.3. The maximum absolute atomic E-state index is 11.3. The molecule has 1 atom stereocenters. The Morgan fingerprint density at radius 1 is 1.44 bits per heavy atom. The van der Waals surface area contributed by atoms with Gasteiger partial charge in [-0.15, -0.1) is 0 Å². The van der Waals surface area contributed by atoms with Crippen molar-refractivity contribution in [2.45, 2.75) is 25.8 Å². The first-order valence-corrected chi connectivity index (χ1v) is 6.01. The molecule has 92 valence electrons. The van der Waals surface area contributed by atoms with Crippen LogP contribution in [-0.4, -0.2) is 40.4 Å². The fourth-order valence-corrected chi connectivity index (χ4v) is 1.62. The van der Waals surface area contributed by atoms with Crippen molar-refractivity contribution in [3.63, 3.8) is 0 Å². The van der Waals surface area contributed by atoms with Crippen LogP contribution in [0.2, 0.25) is 0 Å². The molecule has 0 bridgehead atoms. The molecule has 0 unspecified atom stereocenters. The second-order valence-corrected chi connectivity index (χ2v) is 4.24. The van der Waals surface area contributed by atoms with Crippen LogP contribution in [0.5, 0.6) is 0 Å². The third-order valence-corrected chi connectivity index (χ3v) is 2.74. The second-order valence-electron chi connectivity index (χ2n) is 3.14. The van der Waals surface area contributed by atoms with Crippen LogP contribution in [0.1, 0.15) is 19.8 Å². The van der Waals surface area contributed by atoms with Crippen LogP contribution in [0.3, 0.4) is 0 Å². The first-order valence-electron chi connectivity index (χ1n) is 4.85. The first-order chi connectivity index (χ1) is 7.47. The number of thioether (sulfide) groups is 1. The van der Waals surface area contributed by atoms with Crippen LogP contribution in [0.4, 0.5) is 0 Å². The Kier molecular flexibility index (Phi) is 7.36. The molecular weight excluding hydrogens is 232 g/mol. The van der Waals surface area contributed by atoms with Gasteiger partial charge in [0, 0.05) is 12.2 Å². The van der Waals surface area contributed by atoms with E-state index in [2.05, 4.69) is 5.32 Å². The maximum Gasteiger partial charge on any atom is 0.326 e. The summed E-state index contributed by atoms with van der Waals surface area (Å²) >= 11 is 1.25. The van der Waals surface area contributed by atoms with Crippen LogP contribution in [0.15, 0.2) is 0 Å². The number of carbonyl (C=O) groups excluding carboxylic acids is 2. The van der Waals surface area contributed by atoms with Gasteiger partial charge in [0.2, 0.25) is 11.8 Å². The number of carboxylic acid groups (broad SMARTS) is 1. The average molecular weight is 248 g/mol. The summed E-state index contributed by atoms with van der Waals surface area (Å²) < 4.78 is 0. The number of amides is 2. The lowest BCUT2D eigenvalue weighted by molar-refractivity contribution is -0.141. The Balaban J connectivity index is 3.73. The molecule has 0 heterocycles. The quantitative estimate of drug-likeness (QED) is 0.505. The molecule has 0 aliphatic rings. The molecule has 16 heavy (non-hydrogen) atoms. The van der Waals surface area contributed by atoms with Crippen molar-refractivity contribution in [1.82, 2.24) is 5.32 Å². The van der Waals surface area contributed by atoms with Crippen LogP contribution < -0.4 is 11.1 Å². The Labute approximate surface area is 98.0 Å². The number of carbonyl (C=O) groups is 3. The molecule has 0 saturated carbocycles. The van der Waals surface area contributed by atoms with Crippen molar-refractivity contribution < 1.29 is 19.5 Å². The zero-order chi connectivity index (χ0) is 12.6. The Hall–Kier alpha value is -1.24. The van der Waals surface area contributed by atoms with E-state index in [1.54, 1.807) is 6.92 Å². The summed E-state index contributed by atoms with van der Waals surface area (Å²) in [6.07, 6.45) is 0.525. The molecule has 0 aromatic heterocycles. The van der Waals surface area contributed by atoms with Gasteiger partial charge in [-0.25, -0.2) is 4.79 Å². The summed E-state index contributed by atoms with van der Waals surface area (Å²) in [4.78, 5) is 32.2. The number of aliphatic carboxylic acids is 1. The number of rotatable bonds is 8. The third kappa shape index (κ3) is 7.10. The molecule has 4 N–H and O–H groups in total. The lowest BCUT2D eigenvalue weighted by Gasteiger charge is -2.11. The molecule has 0 radical (unpaired) electrons. The van der Waals surface area contributed by atoms with Gasteiger partial charge < -0.3 is 16.2 Å². The van der Waals surface area contributed by atoms with Gasteiger partial charge in [-0.05, 0) is 6.42 Å². The van der Waals surface area contributed by atoms with E-state index in [-0.39, 0.29) is 18.1 Å². The Morgan fingerprint density at radius 2 is 2.06 bits per heavy atom. The van der Waals surface area contributed by atoms with Crippen LogP contribution in [0, 0.1) is 0 Å². The van der Waals surface area contributed by atoms with Crippen molar-refractivity contribution in [3.05, 3.63) is 0 Å². The minimum atomic E-state index is -1.04. The molecule has 6 nitrogen and oxygen atoms in total. The minimum absolute atomic E-state index is 0.170. The predicted molar refractivity (Wildman–Crippen MR) is 61.0 cm³/mol. The van der Waals surface area contributed by atoms with E-state index in [1.165, 1.54) is 11.8 Å². The summed E-state index contributed by atoms with van der Waals surface area (Å²) in [5, 5.41) is 11.1. The summed E-state index contributed by atoms with van der Waals surface area (Å²) in [5.74, 6) is -1.18. The van der Waals surface area contributed by atoms with E-state index in [0.29, 0.717) is 12.2 Å². The monoisotopic (exact) mass is 248 g/mol. The second kappa shape index (κ2) is 7.98. The molecule has 0 rings (SSSR count). The van der Waals surface area contributed by atoms with Crippen molar-refractivity contribution in [2.24, 2.45) is 5.73 Å². The number of hydrogen-bond donors (Lipinski definition) is 3. The van der Waals surface area contributed by atoms with E-state index in [9.17, 15) is 14.4 Å². The minimum Gasteiger partial charge on any atom is -0.480 e. The van der Waals surface area contributed by atoms with E-state index in [4.69, 9.17) is 10.8 Å². The van der Waals surface area contributed by atoms with Crippen LogP contribution in [-0.2, 0) is 14.4 Å². The molecule has 0 saturated heterocycles. The fourth-order valence-electron chi connectivity index (χ4n) is 0.943. The van der Waals surface area contributed by atoms with Gasteiger partial charge in [0.05, 0.1) is 5.75 Å². The summed E-state index contributed by atoms with van der Waals surface area (Å²) in [6, 6.07) is -0.839. The molecule has 7 heteroatoms. The smallest absolute Gasteiger partial charge is 0.326 e. The van der Waals surface area contributed by atoms with Gasteiger partial charge in [0.1, 0.15) is 6.04 Å². The van der Waals surface area contributed by atoms with E-state index in [1.807, 2.05) is 0 Å². The highest BCUT2D eigenvalue weighted by Gasteiger charge is 2.16. The summed E-state index contributed by atoms with van der Waals surface area (Å²) in [5.41, 5.74) is 4.91. The topological polar surface area (TPSA) is 109 Å². The SMILES string of the molecule is CC[C@@H](NC(=O)CCSCC(N)=O)C(=O)O.